The molecule has 1 unspecified atom stereocenters. The van der Waals surface area contributed by atoms with Gasteiger partial charge in [0.15, 0.2) is 11.3 Å². The van der Waals surface area contributed by atoms with Crippen molar-refractivity contribution in [2.24, 2.45) is 5.92 Å². The van der Waals surface area contributed by atoms with Crippen LogP contribution in [0.15, 0.2) is 30.7 Å². The van der Waals surface area contributed by atoms with Crippen LogP contribution in [0.5, 0.6) is 5.75 Å². The van der Waals surface area contributed by atoms with Gasteiger partial charge in [-0.1, -0.05) is 0 Å². The molecular weight excluding hydrogens is 425 g/mol. The minimum atomic E-state index is -4.55. The van der Waals surface area contributed by atoms with Crippen molar-refractivity contribution in [2.45, 2.75) is 32.5 Å². The lowest BCUT2D eigenvalue weighted by Gasteiger charge is -2.33. The summed E-state index contributed by atoms with van der Waals surface area (Å²) >= 11 is 0. The highest BCUT2D eigenvalue weighted by Crippen LogP contribution is 2.34. The fourth-order valence-electron chi connectivity index (χ4n) is 3.79. The molecule has 1 fully saturated rings. The molecule has 172 valence electrons. The average molecular weight is 450 g/mol. The molecule has 0 spiro atoms. The first-order valence-corrected chi connectivity index (χ1v) is 10.6. The summed E-state index contributed by atoms with van der Waals surface area (Å²) in [7, 11) is 0. The molecule has 4 heterocycles. The summed E-state index contributed by atoms with van der Waals surface area (Å²) in [4.78, 5) is 14.7. The predicted octanol–water partition coefficient (Wildman–Crippen LogP) is 3.57. The van der Waals surface area contributed by atoms with Crippen molar-refractivity contribution >= 4 is 17.0 Å². The van der Waals surface area contributed by atoms with E-state index >= 15 is 0 Å². The molecule has 1 saturated heterocycles. The summed E-state index contributed by atoms with van der Waals surface area (Å²) in [5.74, 6) is 0.541. The standard InChI is InChI=1S/C21H25F3N6O2/c1-2-31-10-9-30-20-16(11-27-30)26-12-18(28-20)29-8-4-5-15(13-29)14-32-17-6-3-7-25-19(17)21(22,23)24/h3,6-7,11-12,15H,2,4-5,8-10,13-14H2,1H3. The first-order chi connectivity index (χ1) is 15.5. The van der Waals surface area contributed by atoms with Gasteiger partial charge in [0.2, 0.25) is 0 Å². The van der Waals surface area contributed by atoms with Gasteiger partial charge in [-0.05, 0) is 31.9 Å². The van der Waals surface area contributed by atoms with E-state index in [1.54, 1.807) is 17.1 Å². The summed E-state index contributed by atoms with van der Waals surface area (Å²) in [5.41, 5.74) is 0.397. The van der Waals surface area contributed by atoms with E-state index in [1.165, 1.54) is 12.1 Å². The van der Waals surface area contributed by atoms with Gasteiger partial charge in [-0.2, -0.15) is 18.3 Å². The van der Waals surface area contributed by atoms with Gasteiger partial charge in [-0.15, -0.1) is 0 Å². The molecule has 0 bridgehead atoms. The SMILES string of the molecule is CCOCCn1ncc2ncc(N3CCCC(COc4cccnc4C(F)(F)F)C3)nc21. The highest BCUT2D eigenvalue weighted by Gasteiger charge is 2.36. The van der Waals surface area contributed by atoms with Crippen LogP contribution in [0.3, 0.4) is 0 Å². The molecule has 0 radical (unpaired) electrons. The van der Waals surface area contributed by atoms with E-state index in [4.69, 9.17) is 14.5 Å². The number of halogens is 3. The van der Waals surface area contributed by atoms with Crippen molar-refractivity contribution in [3.63, 3.8) is 0 Å². The number of anilines is 1. The Morgan fingerprint density at radius 2 is 2.09 bits per heavy atom. The second-order valence-corrected chi connectivity index (χ2v) is 7.61. The Hall–Kier alpha value is -2.95. The van der Waals surface area contributed by atoms with E-state index in [0.717, 1.165) is 31.4 Å². The number of aromatic nitrogens is 5. The quantitative estimate of drug-likeness (QED) is 0.486. The molecule has 3 aromatic heterocycles. The molecule has 11 heteroatoms. The topological polar surface area (TPSA) is 78.2 Å². The van der Waals surface area contributed by atoms with Crippen LogP contribution in [0.1, 0.15) is 25.5 Å². The first kappa shape index (κ1) is 22.3. The molecule has 0 amide bonds. The van der Waals surface area contributed by atoms with Crippen LogP contribution in [0.25, 0.3) is 11.2 Å². The van der Waals surface area contributed by atoms with Crippen LogP contribution < -0.4 is 9.64 Å². The minimum absolute atomic E-state index is 0.0606. The third-order valence-corrected chi connectivity index (χ3v) is 5.34. The van der Waals surface area contributed by atoms with Crippen molar-refractivity contribution in [1.82, 2.24) is 24.7 Å². The van der Waals surface area contributed by atoms with Gasteiger partial charge in [-0.3, -0.25) is 0 Å². The molecule has 4 rings (SSSR count). The predicted molar refractivity (Wildman–Crippen MR) is 111 cm³/mol. The van der Waals surface area contributed by atoms with Crippen LogP contribution in [0, 0.1) is 5.92 Å². The highest BCUT2D eigenvalue weighted by atomic mass is 19.4. The number of pyridine rings is 1. The Labute approximate surface area is 183 Å². The Balaban J connectivity index is 1.43. The lowest BCUT2D eigenvalue weighted by atomic mass is 9.99. The molecular formula is C21H25F3N6O2. The van der Waals surface area contributed by atoms with Gasteiger partial charge in [0.25, 0.3) is 0 Å². The summed E-state index contributed by atoms with van der Waals surface area (Å²) in [6, 6.07) is 2.75. The molecule has 1 aliphatic rings. The fraction of sp³-hybridized carbons (Fsp3) is 0.524. The number of rotatable bonds is 8. The molecule has 8 nitrogen and oxygen atoms in total. The Morgan fingerprint density at radius 1 is 1.22 bits per heavy atom. The third kappa shape index (κ3) is 5.09. The number of fused-ring (bicyclic) bond motifs is 1. The first-order valence-electron chi connectivity index (χ1n) is 10.6. The summed E-state index contributed by atoms with van der Waals surface area (Å²) in [5, 5.41) is 4.33. The largest absolute Gasteiger partial charge is 0.491 e. The summed E-state index contributed by atoms with van der Waals surface area (Å²) in [6.45, 7) is 5.28. The van der Waals surface area contributed by atoms with Crippen LogP contribution in [-0.4, -0.2) is 57.6 Å². The van der Waals surface area contributed by atoms with Gasteiger partial charge < -0.3 is 14.4 Å². The van der Waals surface area contributed by atoms with Crippen molar-refractivity contribution in [3.05, 3.63) is 36.4 Å². The minimum Gasteiger partial charge on any atom is -0.491 e. The lowest BCUT2D eigenvalue weighted by Crippen LogP contribution is -2.38. The number of hydrogen-bond acceptors (Lipinski definition) is 7. The van der Waals surface area contributed by atoms with Gasteiger partial charge in [0.1, 0.15) is 17.1 Å². The van der Waals surface area contributed by atoms with Gasteiger partial charge in [0.05, 0.1) is 32.2 Å². The van der Waals surface area contributed by atoms with Crippen molar-refractivity contribution in [1.29, 1.82) is 0 Å². The van der Waals surface area contributed by atoms with Gasteiger partial charge in [-0.25, -0.2) is 19.6 Å². The molecule has 0 N–H and O–H groups in total. The molecule has 0 aliphatic carbocycles. The molecule has 1 aliphatic heterocycles. The smallest absolute Gasteiger partial charge is 0.437 e. The Morgan fingerprint density at radius 3 is 2.91 bits per heavy atom. The van der Waals surface area contributed by atoms with Crippen molar-refractivity contribution in [3.8, 4) is 5.75 Å². The number of ether oxygens (including phenoxy) is 2. The average Bonchev–Trinajstić information content (AvgIpc) is 3.20. The lowest BCUT2D eigenvalue weighted by molar-refractivity contribution is -0.142. The zero-order valence-electron chi connectivity index (χ0n) is 17.8. The zero-order valence-corrected chi connectivity index (χ0v) is 17.8. The third-order valence-electron chi connectivity index (χ3n) is 5.34. The maximum Gasteiger partial charge on any atom is 0.437 e. The molecule has 32 heavy (non-hydrogen) atoms. The van der Waals surface area contributed by atoms with Crippen molar-refractivity contribution in [2.75, 3.05) is 37.8 Å². The normalized spacial score (nSPS) is 17.1. The summed E-state index contributed by atoms with van der Waals surface area (Å²) < 4.78 is 52.2. The summed E-state index contributed by atoms with van der Waals surface area (Å²) in [6.07, 6.45) is 1.70. The van der Waals surface area contributed by atoms with Gasteiger partial charge >= 0.3 is 6.18 Å². The number of hydrogen-bond donors (Lipinski definition) is 0. The van der Waals surface area contributed by atoms with Crippen LogP contribution in [0.2, 0.25) is 0 Å². The van der Waals surface area contributed by atoms with E-state index in [1.807, 2.05) is 6.92 Å². The van der Waals surface area contributed by atoms with Crippen LogP contribution in [0.4, 0.5) is 19.0 Å². The van der Waals surface area contributed by atoms with Crippen LogP contribution in [-0.2, 0) is 17.5 Å². The highest BCUT2D eigenvalue weighted by molar-refractivity contribution is 5.71. The van der Waals surface area contributed by atoms with E-state index in [-0.39, 0.29) is 18.3 Å². The van der Waals surface area contributed by atoms with E-state index < -0.39 is 11.9 Å². The zero-order chi connectivity index (χ0) is 22.6. The fourth-order valence-corrected chi connectivity index (χ4v) is 3.79. The van der Waals surface area contributed by atoms with Crippen LogP contribution >= 0.6 is 0 Å². The maximum atomic E-state index is 13.1. The second-order valence-electron chi connectivity index (χ2n) is 7.61. The second kappa shape index (κ2) is 9.68. The van der Waals surface area contributed by atoms with Gasteiger partial charge in [0, 0.05) is 31.8 Å². The molecule has 0 saturated carbocycles. The number of piperidine rings is 1. The molecule has 0 aromatic carbocycles. The Bertz CT molecular complexity index is 1040. The maximum absolute atomic E-state index is 13.1. The number of nitrogens with zero attached hydrogens (tertiary/aromatic N) is 6. The number of alkyl halides is 3. The molecule has 3 aromatic rings. The van der Waals surface area contributed by atoms with Crippen molar-refractivity contribution < 1.29 is 22.6 Å². The van der Waals surface area contributed by atoms with E-state index in [2.05, 4.69) is 20.0 Å². The monoisotopic (exact) mass is 450 g/mol. The van der Waals surface area contributed by atoms with E-state index in [0.29, 0.717) is 37.5 Å². The Kier molecular flexibility index (Phi) is 6.73. The van der Waals surface area contributed by atoms with E-state index in [9.17, 15) is 13.2 Å². The molecule has 1 atom stereocenters.